The van der Waals surface area contributed by atoms with Gasteiger partial charge in [-0.05, 0) is 32.2 Å². The van der Waals surface area contributed by atoms with Crippen LogP contribution in [0.15, 0.2) is 0 Å². The maximum absolute atomic E-state index is 11.8. The van der Waals surface area contributed by atoms with Gasteiger partial charge >= 0.3 is 0 Å². The van der Waals surface area contributed by atoms with E-state index in [0.717, 1.165) is 38.6 Å². The zero-order valence-electron chi connectivity index (χ0n) is 12.1. The fraction of sp³-hybridized carbons (Fsp3) is 0.867. The number of nitriles is 1. The largest absolute Gasteiger partial charge is 0.393 e. The average molecular weight is 279 g/mol. The number of nitrogens with zero attached hydrogens (tertiary/aromatic N) is 2. The van der Waals surface area contributed by atoms with Crippen LogP contribution >= 0.6 is 0 Å². The molecule has 1 aliphatic heterocycles. The van der Waals surface area contributed by atoms with Crippen molar-refractivity contribution in [3.8, 4) is 6.07 Å². The first kappa shape index (κ1) is 15.3. The smallest absolute Gasteiger partial charge is 0.235 e. The predicted octanol–water partition coefficient (Wildman–Crippen LogP) is 1.03. The van der Waals surface area contributed by atoms with Crippen LogP contribution in [-0.2, 0) is 4.79 Å². The Morgan fingerprint density at radius 1 is 1.25 bits per heavy atom. The van der Waals surface area contributed by atoms with Gasteiger partial charge in [0.05, 0.1) is 18.7 Å². The number of amides is 1. The van der Waals surface area contributed by atoms with Crippen LogP contribution in [0.2, 0.25) is 0 Å². The number of piperidine rings is 1. The lowest BCUT2D eigenvalue weighted by Crippen LogP contribution is -2.51. The van der Waals surface area contributed by atoms with Crippen LogP contribution in [0.1, 0.15) is 44.9 Å². The second-order valence-corrected chi connectivity index (χ2v) is 5.98. The summed E-state index contributed by atoms with van der Waals surface area (Å²) in [5.74, 6) is 0.233. The highest BCUT2D eigenvalue weighted by atomic mass is 16.3. The van der Waals surface area contributed by atoms with E-state index >= 15 is 0 Å². The lowest BCUT2D eigenvalue weighted by Gasteiger charge is -2.43. The minimum Gasteiger partial charge on any atom is -0.393 e. The van der Waals surface area contributed by atoms with Gasteiger partial charge in [0.2, 0.25) is 5.91 Å². The lowest BCUT2D eigenvalue weighted by atomic mass is 9.78. The summed E-state index contributed by atoms with van der Waals surface area (Å²) >= 11 is 0. The van der Waals surface area contributed by atoms with E-state index in [2.05, 4.69) is 10.2 Å². The Kier molecular flexibility index (Phi) is 5.81. The molecule has 1 heterocycles. The van der Waals surface area contributed by atoms with Gasteiger partial charge in [0.1, 0.15) is 6.54 Å². The molecule has 2 rings (SSSR count). The number of aliphatic hydroxyl groups is 1. The number of carbonyl (C=O) groups is 1. The molecule has 1 saturated carbocycles. The molecule has 3 atom stereocenters. The van der Waals surface area contributed by atoms with Crippen LogP contribution < -0.4 is 5.32 Å². The van der Waals surface area contributed by atoms with Crippen molar-refractivity contribution in [2.45, 2.75) is 57.1 Å². The molecule has 2 aliphatic rings. The van der Waals surface area contributed by atoms with Crippen molar-refractivity contribution < 1.29 is 9.90 Å². The molecule has 0 spiro atoms. The summed E-state index contributed by atoms with van der Waals surface area (Å²) in [4.78, 5) is 14.0. The summed E-state index contributed by atoms with van der Waals surface area (Å²) in [7, 11) is 0. The molecular weight excluding hydrogens is 254 g/mol. The van der Waals surface area contributed by atoms with E-state index < -0.39 is 0 Å². The third-order valence-electron chi connectivity index (χ3n) is 4.65. The fourth-order valence-corrected chi connectivity index (χ4v) is 3.67. The number of nitrogens with one attached hydrogen (secondary N) is 1. The Bertz CT molecular complexity index is 367. The number of aliphatic hydroxyl groups excluding tert-OH is 1. The van der Waals surface area contributed by atoms with Crippen molar-refractivity contribution in [1.29, 1.82) is 5.26 Å². The summed E-state index contributed by atoms with van der Waals surface area (Å²) in [6, 6.07) is 2.25. The van der Waals surface area contributed by atoms with E-state index in [4.69, 9.17) is 5.26 Å². The van der Waals surface area contributed by atoms with E-state index in [1.165, 1.54) is 12.8 Å². The molecule has 20 heavy (non-hydrogen) atoms. The number of rotatable bonds is 4. The molecule has 0 radical (unpaired) electrons. The molecule has 0 aromatic heterocycles. The first-order valence-corrected chi connectivity index (χ1v) is 7.78. The van der Waals surface area contributed by atoms with E-state index in [9.17, 15) is 9.90 Å². The van der Waals surface area contributed by atoms with Crippen molar-refractivity contribution in [2.24, 2.45) is 5.92 Å². The Morgan fingerprint density at radius 3 is 2.75 bits per heavy atom. The summed E-state index contributed by atoms with van der Waals surface area (Å²) in [5.41, 5.74) is 0. The fourth-order valence-electron chi connectivity index (χ4n) is 3.67. The van der Waals surface area contributed by atoms with Gasteiger partial charge in [-0.25, -0.2) is 0 Å². The van der Waals surface area contributed by atoms with Crippen LogP contribution in [0, 0.1) is 17.2 Å². The monoisotopic (exact) mass is 279 g/mol. The SMILES string of the molecule is N#CCNC(=O)CN1CCCCC1C1CCCCC1O. The standard InChI is InChI=1S/C15H25N3O2/c16-8-9-17-15(20)11-18-10-4-3-6-13(18)12-5-1-2-7-14(12)19/h12-14,19H,1-7,9-11H2,(H,17,20). The molecule has 5 heteroatoms. The summed E-state index contributed by atoms with van der Waals surface area (Å²) in [6.45, 7) is 1.35. The molecular formula is C15H25N3O2. The second-order valence-electron chi connectivity index (χ2n) is 5.98. The zero-order valence-corrected chi connectivity index (χ0v) is 12.1. The van der Waals surface area contributed by atoms with Crippen molar-refractivity contribution in [3.05, 3.63) is 0 Å². The Morgan fingerprint density at radius 2 is 2.00 bits per heavy atom. The predicted molar refractivity (Wildman–Crippen MR) is 75.8 cm³/mol. The molecule has 0 aromatic carbocycles. The molecule has 0 aromatic rings. The van der Waals surface area contributed by atoms with Gasteiger partial charge in [-0.1, -0.05) is 19.3 Å². The van der Waals surface area contributed by atoms with Crippen LogP contribution in [-0.4, -0.2) is 47.7 Å². The maximum atomic E-state index is 11.8. The Hall–Kier alpha value is -1.12. The first-order valence-electron chi connectivity index (χ1n) is 7.78. The van der Waals surface area contributed by atoms with Crippen molar-refractivity contribution in [3.63, 3.8) is 0 Å². The van der Waals surface area contributed by atoms with Gasteiger partial charge in [0.15, 0.2) is 0 Å². The van der Waals surface area contributed by atoms with Gasteiger partial charge in [-0.2, -0.15) is 5.26 Å². The van der Waals surface area contributed by atoms with Crippen LogP contribution in [0.4, 0.5) is 0 Å². The highest BCUT2D eigenvalue weighted by molar-refractivity contribution is 5.78. The Balaban J connectivity index is 1.94. The molecule has 0 bridgehead atoms. The van der Waals surface area contributed by atoms with Gasteiger partial charge in [0, 0.05) is 12.0 Å². The van der Waals surface area contributed by atoms with Crippen LogP contribution in [0.25, 0.3) is 0 Å². The van der Waals surface area contributed by atoms with Gasteiger partial charge in [0.25, 0.3) is 0 Å². The van der Waals surface area contributed by atoms with Gasteiger partial charge in [-0.3, -0.25) is 9.69 Å². The topological polar surface area (TPSA) is 76.4 Å². The van der Waals surface area contributed by atoms with Crippen LogP contribution in [0.3, 0.4) is 0 Å². The third kappa shape index (κ3) is 3.94. The minimum atomic E-state index is -0.212. The maximum Gasteiger partial charge on any atom is 0.235 e. The molecule has 1 amide bonds. The van der Waals surface area contributed by atoms with Crippen molar-refractivity contribution in [2.75, 3.05) is 19.6 Å². The summed E-state index contributed by atoms with van der Waals surface area (Å²) < 4.78 is 0. The molecule has 2 N–H and O–H groups in total. The van der Waals surface area contributed by atoms with Crippen molar-refractivity contribution in [1.82, 2.24) is 10.2 Å². The van der Waals surface area contributed by atoms with Gasteiger partial charge < -0.3 is 10.4 Å². The van der Waals surface area contributed by atoms with Gasteiger partial charge in [-0.15, -0.1) is 0 Å². The lowest BCUT2D eigenvalue weighted by molar-refractivity contribution is -0.124. The van der Waals surface area contributed by atoms with E-state index in [0.29, 0.717) is 18.5 Å². The summed E-state index contributed by atoms with van der Waals surface area (Å²) in [6.07, 6.45) is 7.44. The molecule has 1 aliphatic carbocycles. The second kappa shape index (κ2) is 7.61. The number of likely N-dealkylation sites (tertiary alicyclic amines) is 1. The zero-order chi connectivity index (χ0) is 14.4. The van der Waals surface area contributed by atoms with E-state index in [-0.39, 0.29) is 18.6 Å². The minimum absolute atomic E-state index is 0.0728. The molecule has 1 saturated heterocycles. The molecule has 3 unspecified atom stereocenters. The van der Waals surface area contributed by atoms with E-state index in [1.54, 1.807) is 0 Å². The average Bonchev–Trinajstić information content (AvgIpc) is 2.46. The van der Waals surface area contributed by atoms with Crippen LogP contribution in [0.5, 0.6) is 0 Å². The third-order valence-corrected chi connectivity index (χ3v) is 4.65. The van der Waals surface area contributed by atoms with E-state index in [1.807, 2.05) is 6.07 Å². The first-order chi connectivity index (χ1) is 9.72. The number of carbonyl (C=O) groups excluding carboxylic acids is 1. The molecule has 2 fully saturated rings. The quantitative estimate of drug-likeness (QED) is 0.754. The van der Waals surface area contributed by atoms with Crippen molar-refractivity contribution >= 4 is 5.91 Å². The molecule has 112 valence electrons. The normalized spacial score (nSPS) is 31.5. The number of hydrogen-bond acceptors (Lipinski definition) is 4. The Labute approximate surface area is 120 Å². The highest BCUT2D eigenvalue weighted by Crippen LogP contribution is 2.33. The molecule has 5 nitrogen and oxygen atoms in total. The highest BCUT2D eigenvalue weighted by Gasteiger charge is 2.36. The number of hydrogen-bond donors (Lipinski definition) is 2. The summed E-state index contributed by atoms with van der Waals surface area (Å²) in [5, 5.41) is 21.4.